The quantitative estimate of drug-likeness (QED) is 0.812. The summed E-state index contributed by atoms with van der Waals surface area (Å²) in [6, 6.07) is 0.743. The van der Waals surface area contributed by atoms with Crippen molar-refractivity contribution in [2.24, 2.45) is 5.92 Å². The maximum atomic E-state index is 5.21. The standard InChI is InChI=1S/C11H20N2OS/c1-8(2)10(6-14-4)13-9(3)11-5-12-7-15-11/h5,7-10,13H,6H2,1-4H3. The lowest BCUT2D eigenvalue weighted by Crippen LogP contribution is -2.39. The number of aromatic nitrogens is 1. The topological polar surface area (TPSA) is 34.1 Å². The Labute approximate surface area is 95.9 Å². The van der Waals surface area contributed by atoms with Crippen molar-refractivity contribution < 1.29 is 4.74 Å². The van der Waals surface area contributed by atoms with Crippen LogP contribution in [0.2, 0.25) is 0 Å². The summed E-state index contributed by atoms with van der Waals surface area (Å²) in [5.74, 6) is 0.570. The Morgan fingerprint density at radius 1 is 1.47 bits per heavy atom. The third kappa shape index (κ3) is 3.89. The van der Waals surface area contributed by atoms with Crippen molar-refractivity contribution in [1.82, 2.24) is 10.3 Å². The first-order chi connectivity index (χ1) is 7.15. The van der Waals surface area contributed by atoms with Gasteiger partial charge in [0.25, 0.3) is 0 Å². The highest BCUT2D eigenvalue weighted by Crippen LogP contribution is 2.18. The molecule has 1 heterocycles. The molecule has 1 N–H and O–H groups in total. The van der Waals surface area contributed by atoms with E-state index in [0.717, 1.165) is 6.61 Å². The van der Waals surface area contributed by atoms with Crippen LogP contribution in [0.25, 0.3) is 0 Å². The number of hydrogen-bond acceptors (Lipinski definition) is 4. The summed E-state index contributed by atoms with van der Waals surface area (Å²) in [5, 5.41) is 3.57. The lowest BCUT2D eigenvalue weighted by Gasteiger charge is -2.25. The predicted octanol–water partition coefficient (Wildman–Crippen LogP) is 2.46. The summed E-state index contributed by atoms with van der Waals surface area (Å²) in [7, 11) is 1.74. The first kappa shape index (κ1) is 12.6. The molecule has 2 unspecified atom stereocenters. The molecule has 0 fully saturated rings. The van der Waals surface area contributed by atoms with E-state index in [0.29, 0.717) is 18.0 Å². The van der Waals surface area contributed by atoms with Crippen molar-refractivity contribution >= 4 is 11.3 Å². The maximum Gasteiger partial charge on any atom is 0.0794 e. The summed E-state index contributed by atoms with van der Waals surface area (Å²) < 4.78 is 5.21. The zero-order chi connectivity index (χ0) is 11.3. The van der Waals surface area contributed by atoms with E-state index < -0.39 is 0 Å². The van der Waals surface area contributed by atoms with Gasteiger partial charge in [0.05, 0.1) is 12.1 Å². The molecule has 0 aliphatic heterocycles. The first-order valence-electron chi connectivity index (χ1n) is 5.28. The molecular formula is C11H20N2OS. The number of nitrogens with zero attached hydrogens (tertiary/aromatic N) is 1. The molecule has 0 amide bonds. The van der Waals surface area contributed by atoms with Crippen LogP contribution >= 0.6 is 11.3 Å². The molecule has 0 radical (unpaired) electrons. The van der Waals surface area contributed by atoms with Crippen LogP contribution in [-0.2, 0) is 4.74 Å². The van der Waals surface area contributed by atoms with Crippen molar-refractivity contribution in [1.29, 1.82) is 0 Å². The highest BCUT2D eigenvalue weighted by molar-refractivity contribution is 7.09. The third-order valence-electron chi connectivity index (χ3n) is 2.49. The Morgan fingerprint density at radius 2 is 2.20 bits per heavy atom. The van der Waals surface area contributed by atoms with E-state index in [1.807, 2.05) is 11.7 Å². The largest absolute Gasteiger partial charge is 0.383 e. The van der Waals surface area contributed by atoms with Gasteiger partial charge in [-0.25, -0.2) is 0 Å². The normalized spacial score (nSPS) is 15.5. The van der Waals surface area contributed by atoms with Crippen LogP contribution < -0.4 is 5.32 Å². The van der Waals surface area contributed by atoms with Crippen molar-refractivity contribution in [3.8, 4) is 0 Å². The molecule has 0 saturated heterocycles. The van der Waals surface area contributed by atoms with Crippen LogP contribution in [0.3, 0.4) is 0 Å². The molecule has 15 heavy (non-hydrogen) atoms. The van der Waals surface area contributed by atoms with E-state index in [1.54, 1.807) is 18.4 Å². The van der Waals surface area contributed by atoms with Crippen molar-refractivity contribution in [3.05, 3.63) is 16.6 Å². The summed E-state index contributed by atoms with van der Waals surface area (Å²) in [5.41, 5.74) is 1.87. The van der Waals surface area contributed by atoms with Crippen molar-refractivity contribution in [3.63, 3.8) is 0 Å². The van der Waals surface area contributed by atoms with Gasteiger partial charge in [-0.2, -0.15) is 0 Å². The van der Waals surface area contributed by atoms with Crippen molar-refractivity contribution in [2.45, 2.75) is 32.9 Å². The number of nitrogens with one attached hydrogen (secondary N) is 1. The van der Waals surface area contributed by atoms with Gasteiger partial charge in [-0.05, 0) is 12.8 Å². The molecule has 3 nitrogen and oxygen atoms in total. The lowest BCUT2D eigenvalue weighted by atomic mass is 10.0. The number of thiazole rings is 1. The molecule has 0 aliphatic carbocycles. The Morgan fingerprint density at radius 3 is 2.67 bits per heavy atom. The Kier molecular flexibility index (Phi) is 5.22. The minimum atomic E-state index is 0.347. The second-order valence-corrected chi connectivity index (χ2v) is 5.02. The number of ether oxygens (including phenoxy) is 1. The van der Waals surface area contributed by atoms with Crippen LogP contribution in [0, 0.1) is 5.92 Å². The van der Waals surface area contributed by atoms with E-state index in [9.17, 15) is 0 Å². The molecule has 1 aromatic rings. The molecule has 2 atom stereocenters. The molecule has 1 rings (SSSR count). The van der Waals surface area contributed by atoms with Crippen LogP contribution in [0.5, 0.6) is 0 Å². The molecule has 0 spiro atoms. The Hall–Kier alpha value is -0.450. The van der Waals surface area contributed by atoms with Gasteiger partial charge in [0.2, 0.25) is 0 Å². The second-order valence-electron chi connectivity index (χ2n) is 4.10. The van der Waals surface area contributed by atoms with Crippen LogP contribution in [0.15, 0.2) is 11.7 Å². The Balaban J connectivity index is 2.50. The monoisotopic (exact) mass is 228 g/mol. The van der Waals surface area contributed by atoms with Crippen LogP contribution in [0.1, 0.15) is 31.7 Å². The fourth-order valence-corrected chi connectivity index (χ4v) is 2.09. The third-order valence-corrected chi connectivity index (χ3v) is 3.45. The lowest BCUT2D eigenvalue weighted by molar-refractivity contribution is 0.142. The summed E-state index contributed by atoms with van der Waals surface area (Å²) in [6.45, 7) is 7.32. The van der Waals surface area contributed by atoms with Gasteiger partial charge in [-0.15, -0.1) is 11.3 Å². The van der Waals surface area contributed by atoms with E-state index >= 15 is 0 Å². The summed E-state index contributed by atoms with van der Waals surface area (Å²) in [6.07, 6.45) is 1.92. The van der Waals surface area contributed by atoms with Gasteiger partial charge in [-0.3, -0.25) is 4.98 Å². The van der Waals surface area contributed by atoms with E-state index in [1.165, 1.54) is 4.88 Å². The summed E-state index contributed by atoms with van der Waals surface area (Å²) in [4.78, 5) is 5.36. The molecule has 86 valence electrons. The fourth-order valence-electron chi connectivity index (χ4n) is 1.46. The number of methoxy groups -OCH3 is 1. The minimum absolute atomic E-state index is 0.347. The average molecular weight is 228 g/mol. The fraction of sp³-hybridized carbons (Fsp3) is 0.727. The molecule has 4 heteroatoms. The highest BCUT2D eigenvalue weighted by atomic mass is 32.1. The molecule has 0 bridgehead atoms. The minimum Gasteiger partial charge on any atom is -0.383 e. The van der Waals surface area contributed by atoms with Gasteiger partial charge in [-0.1, -0.05) is 13.8 Å². The van der Waals surface area contributed by atoms with Gasteiger partial charge in [0.15, 0.2) is 0 Å². The van der Waals surface area contributed by atoms with Crippen LogP contribution in [-0.4, -0.2) is 24.7 Å². The zero-order valence-electron chi connectivity index (χ0n) is 9.86. The molecular weight excluding hydrogens is 208 g/mol. The average Bonchev–Trinajstić information content (AvgIpc) is 2.69. The van der Waals surface area contributed by atoms with Gasteiger partial charge in [0, 0.05) is 30.3 Å². The van der Waals surface area contributed by atoms with E-state index in [4.69, 9.17) is 4.74 Å². The highest BCUT2D eigenvalue weighted by Gasteiger charge is 2.17. The second kappa shape index (κ2) is 6.20. The zero-order valence-corrected chi connectivity index (χ0v) is 10.7. The SMILES string of the molecule is COCC(NC(C)c1cncs1)C(C)C. The molecule has 1 aromatic heterocycles. The number of rotatable bonds is 6. The van der Waals surface area contributed by atoms with Crippen molar-refractivity contribution in [2.75, 3.05) is 13.7 Å². The number of hydrogen-bond donors (Lipinski definition) is 1. The molecule has 0 aliphatic rings. The van der Waals surface area contributed by atoms with Gasteiger partial charge < -0.3 is 10.1 Å². The maximum absolute atomic E-state index is 5.21. The van der Waals surface area contributed by atoms with Gasteiger partial charge in [0.1, 0.15) is 0 Å². The van der Waals surface area contributed by atoms with Gasteiger partial charge >= 0.3 is 0 Å². The van der Waals surface area contributed by atoms with E-state index in [-0.39, 0.29) is 0 Å². The first-order valence-corrected chi connectivity index (χ1v) is 6.16. The van der Waals surface area contributed by atoms with Crippen LogP contribution in [0.4, 0.5) is 0 Å². The molecule has 0 aromatic carbocycles. The Bertz CT molecular complexity index is 262. The summed E-state index contributed by atoms with van der Waals surface area (Å²) >= 11 is 1.69. The predicted molar refractivity (Wildman–Crippen MR) is 64.2 cm³/mol. The van der Waals surface area contributed by atoms with E-state index in [2.05, 4.69) is 31.1 Å². The molecule has 0 saturated carbocycles. The smallest absolute Gasteiger partial charge is 0.0794 e.